The van der Waals surface area contributed by atoms with Gasteiger partial charge < -0.3 is 5.11 Å². The fourth-order valence-corrected chi connectivity index (χ4v) is 0.790. The molecule has 0 spiro atoms. The van der Waals surface area contributed by atoms with Crippen molar-refractivity contribution >= 4 is 6.08 Å². The largest absolute Gasteiger partial charge is 0.513 e. The van der Waals surface area contributed by atoms with Crippen LogP contribution in [0, 0.1) is 0 Å². The Bertz CT molecular complexity index is 220. The molecule has 1 heteroatoms. The van der Waals surface area contributed by atoms with Gasteiger partial charge >= 0.3 is 0 Å². The molecule has 0 aromatic heterocycles. The molecule has 1 aromatic rings. The molecule has 0 amide bonds. The van der Waals surface area contributed by atoms with Crippen LogP contribution in [0.15, 0.2) is 36.1 Å². The molecule has 0 bridgehead atoms. The summed E-state index contributed by atoms with van der Waals surface area (Å²) in [6.07, 6.45) is 1.72. The maximum atomic E-state index is 8.87. The van der Waals surface area contributed by atoms with Gasteiger partial charge in [0.2, 0.25) is 0 Å². The Morgan fingerprint density at radius 1 is 1.30 bits per heavy atom. The minimum Gasteiger partial charge on any atom is -0.513 e. The molecule has 0 aliphatic rings. The van der Waals surface area contributed by atoms with Crippen LogP contribution in [-0.2, 0) is 0 Å². The van der Waals surface area contributed by atoms with Gasteiger partial charge in [-0.3, -0.25) is 0 Å². The maximum Gasteiger partial charge on any atom is 0.0897 e. The van der Waals surface area contributed by atoms with Crippen molar-refractivity contribution in [2.75, 3.05) is 0 Å². The Balaban J connectivity index is 2.87. The number of hydrogen-bond acceptors (Lipinski definition) is 1. The number of benzene rings is 1. The fraction of sp³-hybridized carbons (Fsp3) is 0.111. The van der Waals surface area contributed by atoms with Gasteiger partial charge in [0.25, 0.3) is 0 Å². The maximum absolute atomic E-state index is 8.87. The summed E-state index contributed by atoms with van der Waals surface area (Å²) < 4.78 is 0. The van der Waals surface area contributed by atoms with Gasteiger partial charge in [-0.15, -0.1) is 0 Å². The van der Waals surface area contributed by atoms with E-state index in [1.165, 1.54) is 0 Å². The zero-order valence-electron chi connectivity index (χ0n) is 5.91. The van der Waals surface area contributed by atoms with Gasteiger partial charge in [0.05, 0.1) is 5.76 Å². The highest BCUT2D eigenvalue weighted by Gasteiger charge is 1.83. The standard InChI is InChI=1S/C9H10O/c1-8(10)7-9-5-3-2-4-6-9/h2-7,10H,1H3/b8-7+. The molecule has 0 fully saturated rings. The van der Waals surface area contributed by atoms with Crippen molar-refractivity contribution in [3.05, 3.63) is 41.7 Å². The van der Waals surface area contributed by atoms with E-state index in [4.69, 9.17) is 5.11 Å². The summed E-state index contributed by atoms with van der Waals surface area (Å²) in [7, 11) is 0. The van der Waals surface area contributed by atoms with Gasteiger partial charge in [0.1, 0.15) is 0 Å². The molecule has 1 rings (SSSR count). The third-order valence-corrected chi connectivity index (χ3v) is 1.18. The molecule has 0 heterocycles. The van der Waals surface area contributed by atoms with Gasteiger partial charge in [-0.2, -0.15) is 0 Å². The summed E-state index contributed by atoms with van der Waals surface area (Å²) in [5.41, 5.74) is 1.03. The van der Waals surface area contributed by atoms with Gasteiger partial charge in [0, 0.05) is 0 Å². The quantitative estimate of drug-likeness (QED) is 0.585. The first-order valence-electron chi connectivity index (χ1n) is 3.21. The molecule has 1 aromatic carbocycles. The lowest BCUT2D eigenvalue weighted by atomic mass is 10.2. The Hall–Kier alpha value is -1.24. The van der Waals surface area contributed by atoms with Crippen LogP contribution < -0.4 is 0 Å². The first kappa shape index (κ1) is 6.87. The van der Waals surface area contributed by atoms with Crippen LogP contribution >= 0.6 is 0 Å². The average molecular weight is 134 g/mol. The lowest BCUT2D eigenvalue weighted by molar-refractivity contribution is 0.420. The van der Waals surface area contributed by atoms with Crippen LogP contribution in [0.25, 0.3) is 6.08 Å². The molecule has 0 aliphatic carbocycles. The molecule has 0 saturated carbocycles. The smallest absolute Gasteiger partial charge is 0.0897 e. The normalized spacial score (nSPS) is 11.5. The van der Waals surface area contributed by atoms with Crippen LogP contribution in [0.2, 0.25) is 0 Å². The van der Waals surface area contributed by atoms with E-state index in [0.29, 0.717) is 5.76 Å². The zero-order valence-corrected chi connectivity index (χ0v) is 5.91. The summed E-state index contributed by atoms with van der Waals surface area (Å²) in [5, 5.41) is 8.87. The number of hydrogen-bond donors (Lipinski definition) is 1. The van der Waals surface area contributed by atoms with E-state index in [0.717, 1.165) is 5.56 Å². The Kier molecular flexibility index (Phi) is 2.11. The summed E-state index contributed by atoms with van der Waals surface area (Å²) >= 11 is 0. The van der Waals surface area contributed by atoms with E-state index in [2.05, 4.69) is 0 Å². The van der Waals surface area contributed by atoms with Crippen molar-refractivity contribution < 1.29 is 5.11 Å². The molecular weight excluding hydrogens is 124 g/mol. The Morgan fingerprint density at radius 3 is 2.40 bits per heavy atom. The third kappa shape index (κ3) is 1.94. The van der Waals surface area contributed by atoms with Gasteiger partial charge in [-0.25, -0.2) is 0 Å². The van der Waals surface area contributed by atoms with Crippen LogP contribution in [0.4, 0.5) is 0 Å². The van der Waals surface area contributed by atoms with E-state index >= 15 is 0 Å². The van der Waals surface area contributed by atoms with Gasteiger partial charge in [-0.1, -0.05) is 30.3 Å². The second kappa shape index (κ2) is 3.06. The number of allylic oxidation sites excluding steroid dienone is 1. The van der Waals surface area contributed by atoms with Crippen molar-refractivity contribution in [2.24, 2.45) is 0 Å². The first-order valence-corrected chi connectivity index (χ1v) is 3.21. The highest BCUT2D eigenvalue weighted by atomic mass is 16.3. The molecule has 52 valence electrons. The van der Waals surface area contributed by atoms with E-state index in [1.807, 2.05) is 30.3 Å². The molecule has 0 saturated heterocycles. The lowest BCUT2D eigenvalue weighted by Gasteiger charge is -1.90. The zero-order chi connectivity index (χ0) is 7.40. The van der Waals surface area contributed by atoms with E-state index in [9.17, 15) is 0 Å². The van der Waals surface area contributed by atoms with E-state index < -0.39 is 0 Å². The van der Waals surface area contributed by atoms with Crippen molar-refractivity contribution in [3.8, 4) is 0 Å². The molecule has 0 radical (unpaired) electrons. The fourth-order valence-electron chi connectivity index (χ4n) is 0.790. The summed E-state index contributed by atoms with van der Waals surface area (Å²) in [5.74, 6) is 0.339. The third-order valence-electron chi connectivity index (χ3n) is 1.18. The highest BCUT2D eigenvalue weighted by Crippen LogP contribution is 2.02. The minimum atomic E-state index is 0.339. The van der Waals surface area contributed by atoms with E-state index in [1.54, 1.807) is 13.0 Å². The van der Waals surface area contributed by atoms with Crippen LogP contribution in [0.1, 0.15) is 12.5 Å². The van der Waals surface area contributed by atoms with Crippen LogP contribution in [0.5, 0.6) is 0 Å². The van der Waals surface area contributed by atoms with Crippen molar-refractivity contribution in [1.82, 2.24) is 0 Å². The molecule has 0 unspecified atom stereocenters. The summed E-state index contributed by atoms with van der Waals surface area (Å²) in [6.45, 7) is 1.66. The molecule has 1 N–H and O–H groups in total. The molecule has 0 atom stereocenters. The van der Waals surface area contributed by atoms with E-state index in [-0.39, 0.29) is 0 Å². The van der Waals surface area contributed by atoms with Gasteiger partial charge in [0.15, 0.2) is 0 Å². The average Bonchev–Trinajstić information content (AvgIpc) is 1.88. The number of rotatable bonds is 1. The highest BCUT2D eigenvalue weighted by molar-refractivity contribution is 5.49. The molecule has 10 heavy (non-hydrogen) atoms. The second-order valence-electron chi connectivity index (χ2n) is 2.20. The van der Waals surface area contributed by atoms with Crippen molar-refractivity contribution in [3.63, 3.8) is 0 Å². The number of aliphatic hydroxyl groups excluding tert-OH is 1. The Morgan fingerprint density at radius 2 is 1.90 bits per heavy atom. The molecule has 1 nitrogen and oxygen atoms in total. The van der Waals surface area contributed by atoms with Crippen LogP contribution in [0.3, 0.4) is 0 Å². The van der Waals surface area contributed by atoms with Crippen molar-refractivity contribution in [2.45, 2.75) is 6.92 Å². The number of aliphatic hydroxyl groups is 1. The van der Waals surface area contributed by atoms with Crippen LogP contribution in [-0.4, -0.2) is 5.11 Å². The monoisotopic (exact) mass is 134 g/mol. The molecular formula is C9H10O. The predicted octanol–water partition coefficient (Wildman–Crippen LogP) is 2.61. The lowest BCUT2D eigenvalue weighted by Crippen LogP contribution is -1.72. The Labute approximate surface area is 60.6 Å². The molecule has 0 aliphatic heterocycles. The van der Waals surface area contributed by atoms with Gasteiger partial charge in [-0.05, 0) is 18.6 Å². The van der Waals surface area contributed by atoms with Crippen molar-refractivity contribution in [1.29, 1.82) is 0 Å². The SMILES string of the molecule is C/C(O)=C\c1ccccc1. The topological polar surface area (TPSA) is 20.2 Å². The minimum absolute atomic E-state index is 0.339. The summed E-state index contributed by atoms with van der Waals surface area (Å²) in [4.78, 5) is 0. The first-order chi connectivity index (χ1) is 4.79. The predicted molar refractivity (Wildman–Crippen MR) is 42.7 cm³/mol. The second-order valence-corrected chi connectivity index (χ2v) is 2.20. The summed E-state index contributed by atoms with van der Waals surface area (Å²) in [6, 6.07) is 9.72.